The van der Waals surface area contributed by atoms with Gasteiger partial charge in [-0.05, 0) is 111 Å². The molecule has 0 unspecified atom stereocenters. The summed E-state index contributed by atoms with van der Waals surface area (Å²) in [5.41, 5.74) is 3.53. The summed E-state index contributed by atoms with van der Waals surface area (Å²) in [5, 5.41) is 0.0620. The Balaban J connectivity index is 1.43. The molecule has 43 heavy (non-hydrogen) atoms. The van der Waals surface area contributed by atoms with Gasteiger partial charge in [0.25, 0.3) is 5.91 Å². The van der Waals surface area contributed by atoms with Crippen molar-refractivity contribution in [2.24, 2.45) is 23.7 Å². The fourth-order valence-corrected chi connectivity index (χ4v) is 9.73. The van der Waals surface area contributed by atoms with Crippen LogP contribution in [0.1, 0.15) is 80.8 Å². The van der Waals surface area contributed by atoms with Crippen molar-refractivity contribution in [2.45, 2.75) is 82.5 Å². The van der Waals surface area contributed by atoms with Crippen molar-refractivity contribution in [1.82, 2.24) is 4.72 Å². The maximum absolute atomic E-state index is 13.4. The molecule has 1 amide bonds. The fourth-order valence-electron chi connectivity index (χ4n) is 8.23. The monoisotopic (exact) mass is 628 g/mol. The van der Waals surface area contributed by atoms with Crippen molar-refractivity contribution in [1.29, 1.82) is 0 Å². The predicted molar refractivity (Wildman–Crippen MR) is 171 cm³/mol. The first kappa shape index (κ1) is 30.7. The van der Waals surface area contributed by atoms with E-state index in [1.54, 1.807) is 13.0 Å². The van der Waals surface area contributed by atoms with E-state index in [2.05, 4.69) is 28.7 Å². The van der Waals surface area contributed by atoms with Gasteiger partial charge in [0.2, 0.25) is 10.0 Å². The minimum Gasteiger partial charge on any atom is -0.490 e. The first-order chi connectivity index (χ1) is 20.5. The minimum atomic E-state index is -3.86. The highest BCUT2D eigenvalue weighted by atomic mass is 35.5. The number of nitrogens with one attached hydrogen (secondary N) is 1. The minimum absolute atomic E-state index is 0.0906. The van der Waals surface area contributed by atoms with Gasteiger partial charge < -0.3 is 14.4 Å². The molecular formula is C34H45ClN2O5S. The van der Waals surface area contributed by atoms with E-state index in [-0.39, 0.29) is 17.4 Å². The van der Waals surface area contributed by atoms with Crippen LogP contribution in [0.3, 0.4) is 0 Å². The Morgan fingerprint density at radius 3 is 2.63 bits per heavy atom. The third-order valence-electron chi connectivity index (χ3n) is 11.1. The van der Waals surface area contributed by atoms with Crippen LogP contribution in [-0.2, 0) is 26.6 Å². The summed E-state index contributed by atoms with van der Waals surface area (Å²) in [6, 6.07) is 11.6. The number of fused-ring (bicyclic) bond motifs is 4. The van der Waals surface area contributed by atoms with Gasteiger partial charge in [0.1, 0.15) is 5.75 Å². The van der Waals surface area contributed by atoms with E-state index in [9.17, 15) is 13.2 Å². The second-order valence-electron chi connectivity index (χ2n) is 13.7. The summed E-state index contributed by atoms with van der Waals surface area (Å²) >= 11 is 6.42. The average molecular weight is 629 g/mol. The van der Waals surface area contributed by atoms with E-state index in [1.165, 1.54) is 11.1 Å². The molecule has 1 spiro atoms. The molecule has 2 heterocycles. The van der Waals surface area contributed by atoms with E-state index in [1.807, 2.05) is 32.2 Å². The van der Waals surface area contributed by atoms with E-state index in [0.717, 1.165) is 74.5 Å². The van der Waals surface area contributed by atoms with Crippen molar-refractivity contribution in [3.05, 3.63) is 58.1 Å². The van der Waals surface area contributed by atoms with Gasteiger partial charge in [-0.25, -0.2) is 13.1 Å². The Morgan fingerprint density at radius 2 is 1.86 bits per heavy atom. The normalized spacial score (nSPS) is 34.2. The van der Waals surface area contributed by atoms with Crippen molar-refractivity contribution < 1.29 is 22.7 Å². The third-order valence-corrected chi connectivity index (χ3v) is 13.3. The van der Waals surface area contributed by atoms with E-state index in [4.69, 9.17) is 21.1 Å². The van der Waals surface area contributed by atoms with Crippen molar-refractivity contribution in [2.75, 3.05) is 31.7 Å². The second kappa shape index (κ2) is 11.9. The molecule has 234 valence electrons. The summed E-state index contributed by atoms with van der Waals surface area (Å²) < 4.78 is 41.6. The molecule has 0 saturated heterocycles. The molecule has 7 atom stereocenters. The van der Waals surface area contributed by atoms with Crippen molar-refractivity contribution >= 4 is 33.2 Å². The molecule has 2 aromatic rings. The van der Waals surface area contributed by atoms with E-state index >= 15 is 0 Å². The predicted octanol–water partition coefficient (Wildman–Crippen LogP) is 6.37. The Labute approximate surface area is 261 Å². The Hall–Kier alpha value is -2.29. The van der Waals surface area contributed by atoms with Gasteiger partial charge in [0, 0.05) is 36.2 Å². The highest BCUT2D eigenvalue weighted by Crippen LogP contribution is 2.49. The lowest BCUT2D eigenvalue weighted by atomic mass is 9.62. The van der Waals surface area contributed by atoms with Gasteiger partial charge in [-0.2, -0.15) is 0 Å². The number of sulfonamides is 1. The van der Waals surface area contributed by atoms with Crippen LogP contribution >= 0.6 is 11.6 Å². The Kier molecular flexibility index (Phi) is 8.50. The molecule has 6 rings (SSSR count). The van der Waals surface area contributed by atoms with Gasteiger partial charge in [-0.3, -0.25) is 4.79 Å². The molecule has 2 bridgehead atoms. The zero-order valence-corrected chi connectivity index (χ0v) is 27.3. The lowest BCUT2D eigenvalue weighted by Gasteiger charge is -2.50. The summed E-state index contributed by atoms with van der Waals surface area (Å²) in [4.78, 5) is 15.8. The van der Waals surface area contributed by atoms with Crippen LogP contribution in [0.4, 0.5) is 5.69 Å². The number of anilines is 1. The Morgan fingerprint density at radius 1 is 1.05 bits per heavy atom. The molecule has 9 heteroatoms. The maximum atomic E-state index is 13.4. The molecule has 0 radical (unpaired) electrons. The lowest BCUT2D eigenvalue weighted by Crippen LogP contribution is -2.52. The molecule has 1 saturated carbocycles. The van der Waals surface area contributed by atoms with Crippen LogP contribution in [0.15, 0.2) is 36.4 Å². The molecule has 0 aromatic heterocycles. The largest absolute Gasteiger partial charge is 0.490 e. The third kappa shape index (κ3) is 5.80. The number of aryl methyl sites for hydroxylation is 1. The highest BCUT2D eigenvalue weighted by molar-refractivity contribution is 7.90. The van der Waals surface area contributed by atoms with E-state index in [0.29, 0.717) is 29.9 Å². The number of methoxy groups -OCH3 is 1. The molecule has 1 fully saturated rings. The molecule has 2 aliphatic heterocycles. The van der Waals surface area contributed by atoms with Crippen molar-refractivity contribution in [3.63, 3.8) is 0 Å². The number of hydrogen-bond donors (Lipinski definition) is 1. The molecule has 4 aliphatic rings. The van der Waals surface area contributed by atoms with Gasteiger partial charge in [-0.1, -0.05) is 37.9 Å². The van der Waals surface area contributed by atoms with Crippen molar-refractivity contribution in [3.8, 4) is 5.75 Å². The number of benzene rings is 2. The summed E-state index contributed by atoms with van der Waals surface area (Å²) in [5.74, 6) is 1.46. The summed E-state index contributed by atoms with van der Waals surface area (Å²) in [6.45, 7) is 8.10. The second-order valence-corrected chi connectivity index (χ2v) is 16.2. The first-order valence-electron chi connectivity index (χ1n) is 15.9. The van der Waals surface area contributed by atoms with Crippen LogP contribution in [0.25, 0.3) is 0 Å². The molecule has 1 N–H and O–H groups in total. The molecular weight excluding hydrogens is 584 g/mol. The summed E-state index contributed by atoms with van der Waals surface area (Å²) in [7, 11) is -2.04. The lowest BCUT2D eigenvalue weighted by molar-refractivity contribution is -0.0523. The number of nitrogens with zero attached hydrogens (tertiary/aromatic N) is 1. The number of carbonyl (C=O) groups excluding carboxylic acids is 1. The first-order valence-corrected chi connectivity index (χ1v) is 17.8. The quantitative estimate of drug-likeness (QED) is 0.395. The fraction of sp³-hybridized carbons (Fsp3) is 0.618. The van der Waals surface area contributed by atoms with Gasteiger partial charge in [0.05, 0.1) is 23.6 Å². The summed E-state index contributed by atoms with van der Waals surface area (Å²) in [6.07, 6.45) is 6.85. The highest BCUT2D eigenvalue weighted by Gasteiger charge is 2.47. The van der Waals surface area contributed by atoms with Crippen LogP contribution < -0.4 is 14.4 Å². The number of ether oxygens (including phenoxy) is 2. The zero-order valence-electron chi connectivity index (χ0n) is 25.8. The SMILES string of the molecule is CO[C@H]1CCC[C@H](C)[C@@H](C)S(=O)(=O)NC(=O)c2ccc3c(c2)N(C[C@H]2[C@H]1C[C@H]2C)C[C@@]1(CCCc2cc(Cl)ccc21)CO3. The molecule has 2 aliphatic carbocycles. The van der Waals surface area contributed by atoms with Crippen LogP contribution in [0.2, 0.25) is 5.02 Å². The average Bonchev–Trinajstić information content (AvgIpc) is 3.12. The number of hydrogen-bond acceptors (Lipinski definition) is 6. The topological polar surface area (TPSA) is 84.9 Å². The van der Waals surface area contributed by atoms with Crippen LogP contribution in [0, 0.1) is 23.7 Å². The van der Waals surface area contributed by atoms with E-state index < -0.39 is 21.2 Å². The number of amides is 1. The standard InChI is InChI=1S/C34H45ClN2O5S/c1-21-7-5-9-31(41-4)27-15-22(2)28(27)18-37-19-34(14-6-8-24-16-26(35)11-12-29(24)34)20-42-32-13-10-25(17-30(32)37)33(38)36-43(39,40)23(21)3/h10-13,16-17,21-23,27-28,31H,5-9,14-15,18-20H2,1-4H3,(H,36,38)/t21-,22+,23+,27+,28+,31-,34-/m0/s1. The smallest absolute Gasteiger partial charge is 0.264 e. The zero-order chi connectivity index (χ0) is 30.5. The number of rotatable bonds is 1. The van der Waals surface area contributed by atoms with Crippen LogP contribution in [0.5, 0.6) is 5.75 Å². The van der Waals surface area contributed by atoms with Gasteiger partial charge in [-0.15, -0.1) is 0 Å². The number of carbonyl (C=O) groups is 1. The number of halogens is 1. The van der Waals surface area contributed by atoms with Gasteiger partial charge >= 0.3 is 0 Å². The molecule has 2 aromatic carbocycles. The van der Waals surface area contributed by atoms with Crippen LogP contribution in [-0.4, -0.2) is 52.5 Å². The maximum Gasteiger partial charge on any atom is 0.264 e. The molecule has 7 nitrogen and oxygen atoms in total. The van der Waals surface area contributed by atoms with Gasteiger partial charge in [0.15, 0.2) is 0 Å². The Bertz CT molecular complexity index is 1480.